The zero-order chi connectivity index (χ0) is 15.5. The molecular weight excluding hydrogens is 276 g/mol. The molecule has 114 valence electrons. The number of nitro benzene ring substituents is 1. The van der Waals surface area contributed by atoms with Gasteiger partial charge in [0.25, 0.3) is 5.69 Å². The molecule has 1 amide bonds. The first kappa shape index (κ1) is 15.4. The van der Waals surface area contributed by atoms with E-state index in [0.717, 1.165) is 0 Å². The second-order valence-electron chi connectivity index (χ2n) is 5.35. The van der Waals surface area contributed by atoms with Crippen LogP contribution in [-0.4, -0.2) is 35.9 Å². The molecule has 1 saturated heterocycles. The molecule has 1 aromatic rings. The molecule has 0 spiro atoms. The maximum absolute atomic E-state index is 12.0. The molecule has 1 aliphatic heterocycles. The van der Waals surface area contributed by atoms with E-state index in [1.807, 2.05) is 0 Å². The van der Waals surface area contributed by atoms with Gasteiger partial charge in [0, 0.05) is 11.6 Å². The molecule has 1 fully saturated rings. The van der Waals surface area contributed by atoms with Crippen molar-refractivity contribution in [3.8, 4) is 0 Å². The van der Waals surface area contributed by atoms with Crippen LogP contribution in [0.15, 0.2) is 24.3 Å². The number of nitrogens with zero attached hydrogens (tertiary/aromatic N) is 1. The van der Waals surface area contributed by atoms with Gasteiger partial charge in [-0.2, -0.15) is 0 Å². The van der Waals surface area contributed by atoms with E-state index in [1.165, 1.54) is 6.07 Å². The zero-order valence-corrected chi connectivity index (χ0v) is 12.0. The Morgan fingerprint density at radius 1 is 1.38 bits per heavy atom. The summed E-state index contributed by atoms with van der Waals surface area (Å²) in [5, 5.41) is 13.7. The zero-order valence-electron chi connectivity index (χ0n) is 12.0. The largest absolute Gasteiger partial charge is 0.348 e. The molecule has 1 aromatic carbocycles. The number of rotatable bonds is 4. The molecule has 0 bridgehead atoms. The van der Waals surface area contributed by atoms with E-state index in [9.17, 15) is 14.9 Å². The van der Waals surface area contributed by atoms with E-state index < -0.39 is 10.7 Å². The van der Waals surface area contributed by atoms with Gasteiger partial charge >= 0.3 is 0 Å². The summed E-state index contributed by atoms with van der Waals surface area (Å²) in [5.41, 5.74) is 0.336. The predicted octanol–water partition coefficient (Wildman–Crippen LogP) is 1.40. The van der Waals surface area contributed by atoms with Crippen molar-refractivity contribution in [2.24, 2.45) is 0 Å². The van der Waals surface area contributed by atoms with Gasteiger partial charge in [-0.3, -0.25) is 14.9 Å². The Bertz CT molecular complexity index is 534. The van der Waals surface area contributed by atoms with Crippen LogP contribution < -0.4 is 5.32 Å². The Balaban J connectivity index is 1.92. The van der Waals surface area contributed by atoms with Crippen LogP contribution in [0.25, 0.3) is 0 Å². The fraction of sp³-hybridized carbons (Fsp3) is 0.500. The lowest BCUT2D eigenvalue weighted by molar-refractivity contribution is -0.385. The average Bonchev–Trinajstić information content (AvgIpc) is 2.41. The van der Waals surface area contributed by atoms with Crippen LogP contribution in [0, 0.1) is 10.1 Å². The molecule has 0 aliphatic carbocycles. The maximum atomic E-state index is 12.0. The Hall–Kier alpha value is -1.99. The number of para-hydroxylation sites is 1. The Morgan fingerprint density at radius 2 is 2.00 bits per heavy atom. The number of nitrogens with one attached hydrogen (secondary N) is 1. The van der Waals surface area contributed by atoms with Gasteiger partial charge in [-0.25, -0.2) is 0 Å². The van der Waals surface area contributed by atoms with Crippen LogP contribution >= 0.6 is 0 Å². The highest BCUT2D eigenvalue weighted by atomic mass is 16.7. The van der Waals surface area contributed by atoms with Crippen LogP contribution in [0.4, 0.5) is 5.69 Å². The van der Waals surface area contributed by atoms with Crippen LogP contribution in [0.5, 0.6) is 0 Å². The number of benzene rings is 1. The van der Waals surface area contributed by atoms with Crippen molar-refractivity contribution >= 4 is 11.6 Å². The predicted molar refractivity (Wildman–Crippen MR) is 74.7 cm³/mol. The number of hydrogen-bond acceptors (Lipinski definition) is 5. The molecule has 7 nitrogen and oxygen atoms in total. The van der Waals surface area contributed by atoms with Crippen molar-refractivity contribution in [3.63, 3.8) is 0 Å². The molecular formula is C14H18N2O5. The SMILES string of the molecule is CC1(C)OCC(NC(=O)Cc2ccccc2[N+](=O)[O-])CO1. The number of carbonyl (C=O) groups excluding carboxylic acids is 1. The smallest absolute Gasteiger partial charge is 0.273 e. The van der Waals surface area contributed by atoms with Gasteiger partial charge in [0.15, 0.2) is 5.79 Å². The quantitative estimate of drug-likeness (QED) is 0.669. The molecule has 0 saturated carbocycles. The van der Waals surface area contributed by atoms with Gasteiger partial charge in [-0.1, -0.05) is 18.2 Å². The summed E-state index contributed by atoms with van der Waals surface area (Å²) in [6.45, 7) is 4.32. The number of hydrogen-bond donors (Lipinski definition) is 1. The third kappa shape index (κ3) is 4.24. The van der Waals surface area contributed by atoms with E-state index >= 15 is 0 Å². The maximum Gasteiger partial charge on any atom is 0.273 e. The molecule has 1 heterocycles. The summed E-state index contributed by atoms with van der Waals surface area (Å²) in [4.78, 5) is 22.4. The number of ether oxygens (including phenoxy) is 2. The second kappa shape index (κ2) is 6.19. The van der Waals surface area contributed by atoms with E-state index in [4.69, 9.17) is 9.47 Å². The Labute approximate surface area is 122 Å². The molecule has 21 heavy (non-hydrogen) atoms. The molecule has 1 N–H and O–H groups in total. The highest BCUT2D eigenvalue weighted by Gasteiger charge is 2.29. The van der Waals surface area contributed by atoms with E-state index in [-0.39, 0.29) is 24.1 Å². The number of carbonyl (C=O) groups is 1. The van der Waals surface area contributed by atoms with Crippen LogP contribution in [0.2, 0.25) is 0 Å². The van der Waals surface area contributed by atoms with E-state index in [2.05, 4.69) is 5.32 Å². The number of amides is 1. The minimum absolute atomic E-state index is 0.0446. The van der Waals surface area contributed by atoms with Crippen molar-refractivity contribution < 1.29 is 19.2 Å². The third-order valence-electron chi connectivity index (χ3n) is 3.17. The molecule has 0 radical (unpaired) electrons. The van der Waals surface area contributed by atoms with Gasteiger partial charge in [-0.15, -0.1) is 0 Å². The van der Waals surface area contributed by atoms with Crippen molar-refractivity contribution in [2.45, 2.75) is 32.1 Å². The van der Waals surface area contributed by atoms with Crippen LogP contribution in [0.1, 0.15) is 19.4 Å². The lowest BCUT2D eigenvalue weighted by Gasteiger charge is -2.35. The van der Waals surface area contributed by atoms with Crippen molar-refractivity contribution in [2.75, 3.05) is 13.2 Å². The molecule has 1 aliphatic rings. The summed E-state index contributed by atoms with van der Waals surface area (Å²) in [6, 6.07) is 5.97. The first-order chi connectivity index (χ1) is 9.87. The van der Waals surface area contributed by atoms with E-state index in [1.54, 1.807) is 32.0 Å². The average molecular weight is 294 g/mol. The fourth-order valence-corrected chi connectivity index (χ4v) is 2.07. The van der Waals surface area contributed by atoms with Crippen molar-refractivity contribution in [1.29, 1.82) is 0 Å². The molecule has 7 heteroatoms. The first-order valence-corrected chi connectivity index (χ1v) is 6.67. The number of nitro groups is 1. The summed E-state index contributed by atoms with van der Waals surface area (Å²) >= 11 is 0. The molecule has 0 atom stereocenters. The summed E-state index contributed by atoms with van der Waals surface area (Å²) in [7, 11) is 0. The topological polar surface area (TPSA) is 90.7 Å². The van der Waals surface area contributed by atoms with Crippen molar-refractivity contribution in [1.82, 2.24) is 5.32 Å². The fourth-order valence-electron chi connectivity index (χ4n) is 2.07. The standard InChI is InChI=1S/C14H18N2O5/c1-14(2)20-8-11(9-21-14)15-13(17)7-10-5-3-4-6-12(10)16(18)19/h3-6,11H,7-9H2,1-2H3,(H,15,17). The Kier molecular flexibility index (Phi) is 4.54. The van der Waals surface area contributed by atoms with Gasteiger partial charge in [0.05, 0.1) is 30.6 Å². The summed E-state index contributed by atoms with van der Waals surface area (Å²) in [6.07, 6.45) is -0.0446. The first-order valence-electron chi connectivity index (χ1n) is 6.67. The lowest BCUT2D eigenvalue weighted by atomic mass is 10.1. The van der Waals surface area contributed by atoms with Gasteiger partial charge in [0.1, 0.15) is 0 Å². The molecule has 2 rings (SSSR count). The van der Waals surface area contributed by atoms with Gasteiger partial charge < -0.3 is 14.8 Å². The minimum atomic E-state index is -0.639. The van der Waals surface area contributed by atoms with Gasteiger partial charge in [-0.05, 0) is 13.8 Å². The monoisotopic (exact) mass is 294 g/mol. The normalized spacial score (nSPS) is 18.2. The van der Waals surface area contributed by atoms with E-state index in [0.29, 0.717) is 18.8 Å². The summed E-state index contributed by atoms with van der Waals surface area (Å²) < 4.78 is 10.9. The molecule has 0 aromatic heterocycles. The lowest BCUT2D eigenvalue weighted by Crippen LogP contribution is -2.50. The highest BCUT2D eigenvalue weighted by molar-refractivity contribution is 5.80. The molecule has 0 unspecified atom stereocenters. The highest BCUT2D eigenvalue weighted by Crippen LogP contribution is 2.19. The minimum Gasteiger partial charge on any atom is -0.348 e. The van der Waals surface area contributed by atoms with Gasteiger partial charge in [0.2, 0.25) is 5.91 Å². The van der Waals surface area contributed by atoms with Crippen molar-refractivity contribution in [3.05, 3.63) is 39.9 Å². The van der Waals surface area contributed by atoms with Crippen LogP contribution in [-0.2, 0) is 20.7 Å². The second-order valence-corrected chi connectivity index (χ2v) is 5.35. The third-order valence-corrected chi connectivity index (χ3v) is 3.17. The summed E-state index contributed by atoms with van der Waals surface area (Å²) in [5.74, 6) is -0.930. The Morgan fingerprint density at radius 3 is 2.62 bits per heavy atom. The van der Waals surface area contributed by atoms with Crippen LogP contribution in [0.3, 0.4) is 0 Å².